The van der Waals surface area contributed by atoms with Gasteiger partial charge in [0.05, 0.1) is 36.4 Å². The smallest absolute Gasteiger partial charge is 0.416 e. The predicted molar refractivity (Wildman–Crippen MR) is 129 cm³/mol. The van der Waals surface area contributed by atoms with Crippen molar-refractivity contribution in [1.82, 2.24) is 30.8 Å². The van der Waals surface area contributed by atoms with Gasteiger partial charge in [0.25, 0.3) is 0 Å². The standard InChI is InChI=1S/C23H31F6N7O5/c1-21(2,30)19(38)32-17(18-33-34-35-36(18)6-8-41-20(39)31-5-3-4-7-37)13-40-12-14-9-15(22(24,25)26)11-16(10-14)23(27,28)29/h9-11,17,37H,3-8,12-13,30H2,1-2H3,(H,31,39)(H,32,38)/t17-/m1/s1. The summed E-state index contributed by atoms with van der Waals surface area (Å²) in [4.78, 5) is 24.3. The molecule has 2 aromatic rings. The van der Waals surface area contributed by atoms with Crippen molar-refractivity contribution in [2.24, 2.45) is 5.73 Å². The van der Waals surface area contributed by atoms with Crippen LogP contribution in [0.15, 0.2) is 18.2 Å². The van der Waals surface area contributed by atoms with Crippen LogP contribution in [0.25, 0.3) is 0 Å². The molecule has 12 nitrogen and oxygen atoms in total. The molecular formula is C23H31F6N7O5. The van der Waals surface area contributed by atoms with E-state index in [1.165, 1.54) is 18.5 Å². The molecule has 1 heterocycles. The van der Waals surface area contributed by atoms with Crippen molar-refractivity contribution in [3.8, 4) is 0 Å². The maximum Gasteiger partial charge on any atom is 0.416 e. The molecule has 0 aliphatic heterocycles. The molecule has 0 aliphatic carbocycles. The lowest BCUT2D eigenvalue weighted by Gasteiger charge is -2.24. The second-order valence-corrected chi connectivity index (χ2v) is 9.43. The van der Waals surface area contributed by atoms with Crippen LogP contribution in [0.4, 0.5) is 31.1 Å². The van der Waals surface area contributed by atoms with Crippen LogP contribution in [0.3, 0.4) is 0 Å². The molecule has 41 heavy (non-hydrogen) atoms. The van der Waals surface area contributed by atoms with E-state index in [2.05, 4.69) is 26.2 Å². The van der Waals surface area contributed by atoms with Gasteiger partial charge in [-0.05, 0) is 60.9 Å². The fraction of sp³-hybridized carbons (Fsp3) is 0.609. The molecule has 0 spiro atoms. The minimum atomic E-state index is -5.03. The van der Waals surface area contributed by atoms with E-state index in [1.807, 2.05) is 0 Å². The van der Waals surface area contributed by atoms with Crippen molar-refractivity contribution in [2.75, 3.05) is 26.4 Å². The van der Waals surface area contributed by atoms with Gasteiger partial charge in [0.15, 0.2) is 5.82 Å². The Morgan fingerprint density at radius 3 is 2.27 bits per heavy atom. The van der Waals surface area contributed by atoms with Crippen molar-refractivity contribution in [1.29, 1.82) is 0 Å². The number of unbranched alkanes of at least 4 members (excludes halogenated alkanes) is 1. The molecule has 1 aromatic carbocycles. The molecular weight excluding hydrogens is 568 g/mol. The van der Waals surface area contributed by atoms with Gasteiger partial charge in [0, 0.05) is 13.2 Å². The number of rotatable bonds is 14. The molecule has 18 heteroatoms. The van der Waals surface area contributed by atoms with Gasteiger partial charge < -0.3 is 30.9 Å². The Hall–Kier alpha value is -3.51. The predicted octanol–water partition coefficient (Wildman–Crippen LogP) is 2.32. The van der Waals surface area contributed by atoms with E-state index in [0.717, 1.165) is 0 Å². The van der Waals surface area contributed by atoms with Crippen molar-refractivity contribution in [2.45, 2.75) is 63.8 Å². The number of carbonyl (C=O) groups excluding carboxylic acids is 2. The molecule has 5 N–H and O–H groups in total. The highest BCUT2D eigenvalue weighted by molar-refractivity contribution is 5.85. The molecule has 0 aliphatic rings. The summed E-state index contributed by atoms with van der Waals surface area (Å²) in [5, 5.41) is 24.9. The number of nitrogens with one attached hydrogen (secondary N) is 2. The van der Waals surface area contributed by atoms with E-state index in [9.17, 15) is 35.9 Å². The summed E-state index contributed by atoms with van der Waals surface area (Å²) in [6.45, 7) is 1.65. The molecule has 230 valence electrons. The zero-order valence-electron chi connectivity index (χ0n) is 22.2. The van der Waals surface area contributed by atoms with Crippen LogP contribution >= 0.6 is 0 Å². The van der Waals surface area contributed by atoms with Crippen molar-refractivity contribution < 1.29 is 50.5 Å². The van der Waals surface area contributed by atoms with Crippen LogP contribution in [-0.2, 0) is 39.8 Å². The van der Waals surface area contributed by atoms with E-state index < -0.39 is 65.8 Å². The Morgan fingerprint density at radius 2 is 1.71 bits per heavy atom. The van der Waals surface area contributed by atoms with E-state index in [1.54, 1.807) is 0 Å². The highest BCUT2D eigenvalue weighted by Gasteiger charge is 2.37. The van der Waals surface area contributed by atoms with Crippen LogP contribution in [0.1, 0.15) is 55.2 Å². The Balaban J connectivity index is 2.15. The highest BCUT2D eigenvalue weighted by atomic mass is 19.4. The summed E-state index contributed by atoms with van der Waals surface area (Å²) in [5.41, 5.74) is 1.04. The molecule has 2 rings (SSSR count). The summed E-state index contributed by atoms with van der Waals surface area (Å²) in [6.07, 6.45) is -9.74. The largest absolute Gasteiger partial charge is 0.448 e. The van der Waals surface area contributed by atoms with E-state index in [4.69, 9.17) is 20.3 Å². The van der Waals surface area contributed by atoms with E-state index in [-0.39, 0.29) is 38.2 Å². The number of nitrogens with two attached hydrogens (primary N) is 1. The lowest BCUT2D eigenvalue weighted by Crippen LogP contribution is -2.51. The van der Waals surface area contributed by atoms with Gasteiger partial charge in [-0.1, -0.05) is 0 Å². The first-order valence-electron chi connectivity index (χ1n) is 12.3. The molecule has 0 fully saturated rings. The lowest BCUT2D eigenvalue weighted by molar-refractivity contribution is -0.143. The third-order valence-corrected chi connectivity index (χ3v) is 5.35. The number of aliphatic hydroxyl groups excluding tert-OH is 1. The topological polar surface area (TPSA) is 167 Å². The average Bonchev–Trinajstić information content (AvgIpc) is 3.32. The van der Waals surface area contributed by atoms with E-state index in [0.29, 0.717) is 25.0 Å². The number of hydrogen-bond donors (Lipinski definition) is 4. The molecule has 0 radical (unpaired) electrons. The first-order valence-corrected chi connectivity index (χ1v) is 12.3. The Bertz CT molecular complexity index is 1120. The zero-order valence-corrected chi connectivity index (χ0v) is 22.2. The number of benzene rings is 1. The van der Waals surface area contributed by atoms with Gasteiger partial charge in [-0.25, -0.2) is 9.48 Å². The number of carbonyl (C=O) groups is 2. The summed E-state index contributed by atoms with van der Waals surface area (Å²) < 4.78 is 90.7. The number of amides is 2. The van der Waals surface area contributed by atoms with Crippen molar-refractivity contribution in [3.05, 3.63) is 40.7 Å². The zero-order chi connectivity index (χ0) is 30.8. The van der Waals surface area contributed by atoms with E-state index >= 15 is 0 Å². The van der Waals surface area contributed by atoms with Gasteiger partial charge in [0.1, 0.15) is 12.6 Å². The number of alkyl halides is 6. The maximum atomic E-state index is 13.2. The van der Waals surface area contributed by atoms with Crippen LogP contribution in [0.2, 0.25) is 0 Å². The number of aromatic nitrogens is 4. The molecule has 1 aromatic heterocycles. The number of hydrogen-bond acceptors (Lipinski definition) is 9. The van der Waals surface area contributed by atoms with Crippen molar-refractivity contribution >= 4 is 12.0 Å². The Morgan fingerprint density at radius 1 is 1.07 bits per heavy atom. The maximum absolute atomic E-state index is 13.2. The van der Waals surface area contributed by atoms with Gasteiger partial charge in [-0.3, -0.25) is 4.79 Å². The molecule has 0 bridgehead atoms. The molecule has 0 saturated heterocycles. The Kier molecular flexibility index (Phi) is 11.8. The van der Waals surface area contributed by atoms with Gasteiger partial charge in [-0.2, -0.15) is 26.3 Å². The second kappa shape index (κ2) is 14.4. The second-order valence-electron chi connectivity index (χ2n) is 9.43. The summed E-state index contributed by atoms with van der Waals surface area (Å²) in [5.74, 6) is -0.688. The molecule has 0 saturated carbocycles. The van der Waals surface area contributed by atoms with Crippen molar-refractivity contribution in [3.63, 3.8) is 0 Å². The minimum absolute atomic E-state index is 0.00145. The van der Waals surface area contributed by atoms with Crippen LogP contribution < -0.4 is 16.4 Å². The first-order chi connectivity index (χ1) is 19.0. The molecule has 0 unspecified atom stereocenters. The quantitative estimate of drug-likeness (QED) is 0.188. The number of ether oxygens (including phenoxy) is 2. The number of halogens is 6. The summed E-state index contributed by atoms with van der Waals surface area (Å²) in [7, 11) is 0. The average molecular weight is 600 g/mol. The van der Waals surface area contributed by atoms with Gasteiger partial charge in [-0.15, -0.1) is 5.10 Å². The number of tetrazole rings is 1. The normalized spacial score (nSPS) is 13.1. The monoisotopic (exact) mass is 599 g/mol. The minimum Gasteiger partial charge on any atom is -0.448 e. The van der Waals surface area contributed by atoms with Gasteiger partial charge >= 0.3 is 18.4 Å². The molecule has 1 atom stereocenters. The third-order valence-electron chi connectivity index (χ3n) is 5.35. The number of nitrogens with zero attached hydrogens (tertiary/aromatic N) is 4. The van der Waals surface area contributed by atoms with Crippen LogP contribution in [0.5, 0.6) is 0 Å². The highest BCUT2D eigenvalue weighted by Crippen LogP contribution is 2.36. The number of alkyl carbamates (subject to hydrolysis) is 1. The first kappa shape index (κ1) is 33.7. The van der Waals surface area contributed by atoms with Crippen LogP contribution in [0, 0.1) is 0 Å². The SMILES string of the molecule is CC(C)(N)C(=O)N[C@H](COCc1cc(C(F)(F)F)cc(C(F)(F)F)c1)c1nnnn1CCOC(=O)NCCCCO. The van der Waals surface area contributed by atoms with Crippen LogP contribution in [-0.4, -0.2) is 69.2 Å². The molecule has 2 amide bonds. The summed E-state index contributed by atoms with van der Waals surface area (Å²) in [6, 6.07) is -0.0773. The van der Waals surface area contributed by atoms with Gasteiger partial charge in [0.2, 0.25) is 5.91 Å². The third kappa shape index (κ3) is 11.1. The summed E-state index contributed by atoms with van der Waals surface area (Å²) >= 11 is 0. The lowest BCUT2D eigenvalue weighted by atomic mass is 10.0. The number of aliphatic hydroxyl groups is 1. The fourth-order valence-corrected chi connectivity index (χ4v) is 3.25. The Labute approximate surface area is 230 Å². The fourth-order valence-electron chi connectivity index (χ4n) is 3.25.